The minimum atomic E-state index is 1.13. The summed E-state index contributed by atoms with van der Waals surface area (Å²) in [5.41, 5.74) is 3.75. The Labute approximate surface area is 98.9 Å². The molecule has 0 bridgehead atoms. The van der Waals surface area contributed by atoms with Crippen molar-refractivity contribution in [1.29, 1.82) is 0 Å². The molecule has 1 N–H and O–H groups in total. The highest BCUT2D eigenvalue weighted by Gasteiger charge is 1.99. The lowest BCUT2D eigenvalue weighted by Gasteiger charge is -2.08. The Balaban J connectivity index is 2.91. The molecule has 0 aliphatic carbocycles. The summed E-state index contributed by atoms with van der Waals surface area (Å²) < 4.78 is 0. The van der Waals surface area contributed by atoms with Crippen LogP contribution < -0.4 is 5.32 Å². The van der Waals surface area contributed by atoms with Gasteiger partial charge in [0.25, 0.3) is 0 Å². The smallest absolute Gasteiger partial charge is 0.0370 e. The highest BCUT2D eigenvalue weighted by Crippen LogP contribution is 2.17. The van der Waals surface area contributed by atoms with Crippen molar-refractivity contribution in [1.82, 2.24) is 5.32 Å². The molecule has 0 radical (unpaired) electrons. The molecule has 1 rings (SSSR count). The van der Waals surface area contributed by atoms with Crippen molar-refractivity contribution < 1.29 is 0 Å². The standard InChI is InChI=1S/C15H21N/c1-4-5-7-12-15(16-3)13(2)14-10-8-6-9-11-14/h6-12,16H,4-5H2,1-3H3/b12-7-,15-13-. The Bertz CT molecular complexity index is 360. The largest absolute Gasteiger partial charge is 0.388 e. The first kappa shape index (κ1) is 12.6. The Hall–Kier alpha value is -1.50. The molecule has 86 valence electrons. The molecular formula is C15H21N. The molecule has 0 saturated carbocycles. The predicted molar refractivity (Wildman–Crippen MR) is 72.1 cm³/mol. The van der Waals surface area contributed by atoms with Gasteiger partial charge in [-0.25, -0.2) is 0 Å². The number of rotatable bonds is 5. The maximum atomic E-state index is 3.25. The van der Waals surface area contributed by atoms with Crippen molar-refractivity contribution in [2.45, 2.75) is 26.7 Å². The van der Waals surface area contributed by atoms with Crippen LogP contribution in [0.5, 0.6) is 0 Å². The van der Waals surface area contributed by atoms with Gasteiger partial charge in [-0.1, -0.05) is 49.8 Å². The summed E-state index contributed by atoms with van der Waals surface area (Å²) >= 11 is 0. The van der Waals surface area contributed by atoms with Crippen LogP contribution in [-0.2, 0) is 0 Å². The lowest BCUT2D eigenvalue weighted by molar-refractivity contribution is 0.950. The van der Waals surface area contributed by atoms with Crippen LogP contribution >= 0.6 is 0 Å². The minimum absolute atomic E-state index is 1.13. The lowest BCUT2D eigenvalue weighted by Crippen LogP contribution is -2.05. The second kappa shape index (κ2) is 6.89. The van der Waals surface area contributed by atoms with E-state index in [-0.39, 0.29) is 0 Å². The van der Waals surface area contributed by atoms with Crippen LogP contribution in [0.1, 0.15) is 32.3 Å². The van der Waals surface area contributed by atoms with Crippen LogP contribution in [0.2, 0.25) is 0 Å². The Kier molecular flexibility index (Phi) is 5.41. The molecule has 0 fully saturated rings. The molecule has 1 heteroatoms. The van der Waals surface area contributed by atoms with Gasteiger partial charge in [0.05, 0.1) is 0 Å². The molecule has 0 saturated heterocycles. The van der Waals surface area contributed by atoms with Gasteiger partial charge in [-0.2, -0.15) is 0 Å². The molecule has 1 nitrogen and oxygen atoms in total. The number of hydrogen-bond donors (Lipinski definition) is 1. The van der Waals surface area contributed by atoms with Gasteiger partial charge in [0.2, 0.25) is 0 Å². The van der Waals surface area contributed by atoms with Gasteiger partial charge in [-0.05, 0) is 30.6 Å². The molecule has 1 aromatic rings. The summed E-state index contributed by atoms with van der Waals surface area (Å²) in [6.45, 7) is 4.34. The van der Waals surface area contributed by atoms with E-state index < -0.39 is 0 Å². The summed E-state index contributed by atoms with van der Waals surface area (Å²) in [5, 5.41) is 3.25. The molecular weight excluding hydrogens is 194 g/mol. The van der Waals surface area contributed by atoms with Gasteiger partial charge in [0.15, 0.2) is 0 Å². The van der Waals surface area contributed by atoms with Gasteiger partial charge in [0.1, 0.15) is 0 Å². The maximum absolute atomic E-state index is 3.25. The summed E-state index contributed by atoms with van der Waals surface area (Å²) in [4.78, 5) is 0. The third kappa shape index (κ3) is 3.58. The van der Waals surface area contributed by atoms with Crippen molar-refractivity contribution >= 4 is 5.57 Å². The molecule has 0 atom stereocenters. The zero-order valence-corrected chi connectivity index (χ0v) is 10.5. The highest BCUT2D eigenvalue weighted by atomic mass is 14.8. The molecule has 0 aromatic heterocycles. The fraction of sp³-hybridized carbons (Fsp3) is 0.333. The normalized spacial score (nSPS) is 12.7. The molecule has 0 aliphatic heterocycles. The van der Waals surface area contributed by atoms with Crippen LogP contribution in [-0.4, -0.2) is 7.05 Å². The van der Waals surface area contributed by atoms with E-state index in [2.05, 4.69) is 55.6 Å². The quantitative estimate of drug-likeness (QED) is 0.732. The first-order valence-corrected chi connectivity index (χ1v) is 5.90. The number of hydrogen-bond acceptors (Lipinski definition) is 1. The van der Waals surface area contributed by atoms with E-state index in [0.717, 1.165) is 6.42 Å². The molecule has 1 aromatic carbocycles. The summed E-state index contributed by atoms with van der Waals surface area (Å²) in [6, 6.07) is 10.5. The molecule has 0 aliphatic rings. The molecule has 0 spiro atoms. The van der Waals surface area contributed by atoms with E-state index in [4.69, 9.17) is 0 Å². The first-order valence-electron chi connectivity index (χ1n) is 5.90. The monoisotopic (exact) mass is 215 g/mol. The van der Waals surface area contributed by atoms with E-state index in [9.17, 15) is 0 Å². The van der Waals surface area contributed by atoms with Gasteiger partial charge in [0, 0.05) is 12.7 Å². The SMILES string of the molecule is CCC/C=C\C(NC)=C(/C)c1ccccc1. The van der Waals surface area contributed by atoms with Gasteiger partial charge in [-0.3, -0.25) is 0 Å². The van der Waals surface area contributed by atoms with Gasteiger partial charge >= 0.3 is 0 Å². The number of nitrogens with one attached hydrogen (secondary N) is 1. The van der Waals surface area contributed by atoms with E-state index in [0.29, 0.717) is 0 Å². The Morgan fingerprint density at radius 1 is 1.25 bits per heavy atom. The third-order valence-corrected chi connectivity index (χ3v) is 2.62. The molecule has 0 amide bonds. The van der Waals surface area contributed by atoms with Crippen molar-refractivity contribution in [2.75, 3.05) is 7.05 Å². The maximum Gasteiger partial charge on any atom is 0.0370 e. The van der Waals surface area contributed by atoms with Crippen molar-refractivity contribution in [2.24, 2.45) is 0 Å². The Morgan fingerprint density at radius 3 is 2.50 bits per heavy atom. The molecule has 0 unspecified atom stereocenters. The topological polar surface area (TPSA) is 12.0 Å². The van der Waals surface area contributed by atoms with Gasteiger partial charge < -0.3 is 5.32 Å². The second-order valence-corrected chi connectivity index (χ2v) is 3.85. The Morgan fingerprint density at radius 2 is 1.94 bits per heavy atom. The van der Waals surface area contributed by atoms with E-state index in [1.54, 1.807) is 0 Å². The average molecular weight is 215 g/mol. The highest BCUT2D eigenvalue weighted by molar-refractivity contribution is 5.68. The van der Waals surface area contributed by atoms with Crippen LogP contribution in [0.4, 0.5) is 0 Å². The third-order valence-electron chi connectivity index (χ3n) is 2.62. The molecule has 0 heterocycles. The first-order chi connectivity index (χ1) is 7.79. The number of likely N-dealkylation sites (N-methyl/N-ethyl adjacent to an activating group) is 1. The van der Waals surface area contributed by atoms with Crippen molar-refractivity contribution in [3.05, 3.63) is 53.7 Å². The zero-order chi connectivity index (χ0) is 11.8. The average Bonchev–Trinajstić information content (AvgIpc) is 2.35. The van der Waals surface area contributed by atoms with Crippen LogP contribution in [0, 0.1) is 0 Å². The van der Waals surface area contributed by atoms with Crippen LogP contribution in [0.3, 0.4) is 0 Å². The van der Waals surface area contributed by atoms with E-state index >= 15 is 0 Å². The zero-order valence-electron chi connectivity index (χ0n) is 10.5. The van der Waals surface area contributed by atoms with E-state index in [1.807, 2.05) is 13.1 Å². The number of allylic oxidation sites excluding steroid dienone is 3. The lowest BCUT2D eigenvalue weighted by atomic mass is 10.0. The number of benzene rings is 1. The minimum Gasteiger partial charge on any atom is -0.388 e. The molecule has 16 heavy (non-hydrogen) atoms. The second-order valence-electron chi connectivity index (χ2n) is 3.85. The fourth-order valence-electron chi connectivity index (χ4n) is 1.61. The van der Waals surface area contributed by atoms with E-state index in [1.165, 1.54) is 23.3 Å². The number of unbranched alkanes of at least 4 members (excludes halogenated alkanes) is 1. The fourth-order valence-corrected chi connectivity index (χ4v) is 1.61. The van der Waals surface area contributed by atoms with Crippen LogP contribution in [0.15, 0.2) is 48.2 Å². The van der Waals surface area contributed by atoms with Crippen LogP contribution in [0.25, 0.3) is 5.57 Å². The predicted octanol–water partition coefficient (Wildman–Crippen LogP) is 3.99. The summed E-state index contributed by atoms with van der Waals surface area (Å²) in [5.74, 6) is 0. The van der Waals surface area contributed by atoms with Gasteiger partial charge in [-0.15, -0.1) is 0 Å². The van der Waals surface area contributed by atoms with Crippen molar-refractivity contribution in [3.8, 4) is 0 Å². The summed E-state index contributed by atoms with van der Waals surface area (Å²) in [7, 11) is 1.97. The summed E-state index contributed by atoms with van der Waals surface area (Å²) in [6.07, 6.45) is 6.72. The van der Waals surface area contributed by atoms with Crippen molar-refractivity contribution in [3.63, 3.8) is 0 Å².